The molecule has 104 valence electrons. The molecule has 0 spiro atoms. The number of carbonyl (C=O) groups excluding carboxylic acids is 1. The van der Waals surface area contributed by atoms with Crippen molar-refractivity contribution in [1.82, 2.24) is 10.3 Å². The Kier molecular flexibility index (Phi) is 3.79. The van der Waals surface area contributed by atoms with E-state index in [0.29, 0.717) is 5.56 Å². The average molecular weight is 294 g/mol. The first-order valence-corrected chi connectivity index (χ1v) is 7.49. The van der Waals surface area contributed by atoms with Crippen LogP contribution in [0, 0.1) is 0 Å². The molecule has 0 aliphatic rings. The third-order valence-corrected chi connectivity index (χ3v) is 4.09. The van der Waals surface area contributed by atoms with Crippen LogP contribution in [0.1, 0.15) is 10.4 Å². The molecule has 0 aliphatic heterocycles. The van der Waals surface area contributed by atoms with Gasteiger partial charge in [0.25, 0.3) is 5.91 Å². The first-order chi connectivity index (χ1) is 10.3. The highest BCUT2D eigenvalue weighted by molar-refractivity contribution is 7.13. The molecule has 21 heavy (non-hydrogen) atoms. The van der Waals surface area contributed by atoms with Gasteiger partial charge in [0.05, 0.1) is 5.69 Å². The van der Waals surface area contributed by atoms with Crippen molar-refractivity contribution in [2.45, 2.75) is 0 Å². The van der Waals surface area contributed by atoms with Crippen molar-refractivity contribution < 1.29 is 4.79 Å². The van der Waals surface area contributed by atoms with Gasteiger partial charge in [-0.2, -0.15) is 0 Å². The normalized spacial score (nSPS) is 10.3. The van der Waals surface area contributed by atoms with E-state index in [2.05, 4.69) is 15.7 Å². The van der Waals surface area contributed by atoms with Gasteiger partial charge in [0, 0.05) is 29.1 Å². The maximum Gasteiger partial charge on any atom is 0.251 e. The summed E-state index contributed by atoms with van der Waals surface area (Å²) < 4.78 is 0. The van der Waals surface area contributed by atoms with Crippen LogP contribution in [0.2, 0.25) is 0 Å². The van der Waals surface area contributed by atoms with E-state index in [1.807, 2.05) is 54.6 Å². The molecule has 4 heteroatoms. The Labute approximate surface area is 127 Å². The minimum atomic E-state index is -0.0781. The van der Waals surface area contributed by atoms with Gasteiger partial charge in [0.1, 0.15) is 5.01 Å². The van der Waals surface area contributed by atoms with E-state index in [1.165, 1.54) is 0 Å². The van der Waals surface area contributed by atoms with Crippen LogP contribution < -0.4 is 5.32 Å². The molecular formula is C17H14N2OS. The molecule has 3 nitrogen and oxygen atoms in total. The Morgan fingerprint density at radius 2 is 1.71 bits per heavy atom. The fourth-order valence-corrected chi connectivity index (χ4v) is 2.89. The van der Waals surface area contributed by atoms with Gasteiger partial charge >= 0.3 is 0 Å². The number of nitrogens with one attached hydrogen (secondary N) is 1. The summed E-state index contributed by atoms with van der Waals surface area (Å²) in [5.41, 5.74) is 3.77. The predicted molar refractivity (Wildman–Crippen MR) is 86.4 cm³/mol. The number of aromatic nitrogens is 1. The topological polar surface area (TPSA) is 42.0 Å². The molecule has 1 amide bonds. The van der Waals surface area contributed by atoms with E-state index < -0.39 is 0 Å². The van der Waals surface area contributed by atoms with Crippen LogP contribution in [0.25, 0.3) is 21.8 Å². The molecule has 0 radical (unpaired) electrons. The lowest BCUT2D eigenvalue weighted by Gasteiger charge is -2.01. The molecule has 0 atom stereocenters. The molecular weight excluding hydrogens is 280 g/mol. The van der Waals surface area contributed by atoms with E-state index in [0.717, 1.165) is 21.8 Å². The summed E-state index contributed by atoms with van der Waals surface area (Å²) in [5.74, 6) is -0.0781. The molecule has 2 aromatic carbocycles. The molecule has 0 saturated carbocycles. The van der Waals surface area contributed by atoms with E-state index in [-0.39, 0.29) is 5.91 Å². The minimum absolute atomic E-state index is 0.0781. The number of benzene rings is 2. The summed E-state index contributed by atoms with van der Waals surface area (Å²) in [4.78, 5) is 16.2. The van der Waals surface area contributed by atoms with E-state index >= 15 is 0 Å². The summed E-state index contributed by atoms with van der Waals surface area (Å²) in [7, 11) is 1.63. The van der Waals surface area contributed by atoms with Crippen molar-refractivity contribution >= 4 is 17.2 Å². The average Bonchev–Trinajstić information content (AvgIpc) is 3.05. The van der Waals surface area contributed by atoms with Crippen LogP contribution in [0.4, 0.5) is 0 Å². The second-order valence-corrected chi connectivity index (χ2v) is 5.42. The van der Waals surface area contributed by atoms with Crippen molar-refractivity contribution in [3.8, 4) is 21.8 Å². The molecule has 1 heterocycles. The van der Waals surface area contributed by atoms with Crippen LogP contribution in [0.3, 0.4) is 0 Å². The van der Waals surface area contributed by atoms with Crippen molar-refractivity contribution in [2.24, 2.45) is 0 Å². The third-order valence-electron chi connectivity index (χ3n) is 3.19. The van der Waals surface area contributed by atoms with E-state index in [1.54, 1.807) is 18.4 Å². The van der Waals surface area contributed by atoms with Gasteiger partial charge in [-0.25, -0.2) is 4.98 Å². The number of thiazole rings is 1. The van der Waals surface area contributed by atoms with Crippen LogP contribution >= 0.6 is 11.3 Å². The number of hydrogen-bond donors (Lipinski definition) is 1. The lowest BCUT2D eigenvalue weighted by molar-refractivity contribution is 0.0963. The number of carbonyl (C=O) groups is 1. The van der Waals surface area contributed by atoms with Crippen molar-refractivity contribution in [3.63, 3.8) is 0 Å². The summed E-state index contributed by atoms with van der Waals surface area (Å²) in [6.45, 7) is 0. The molecule has 1 N–H and O–H groups in total. The highest BCUT2D eigenvalue weighted by atomic mass is 32.1. The monoisotopic (exact) mass is 294 g/mol. The van der Waals surface area contributed by atoms with E-state index in [4.69, 9.17) is 0 Å². The van der Waals surface area contributed by atoms with Crippen molar-refractivity contribution in [3.05, 3.63) is 65.5 Å². The van der Waals surface area contributed by atoms with Crippen LogP contribution in [-0.4, -0.2) is 17.9 Å². The van der Waals surface area contributed by atoms with Crippen LogP contribution in [0.15, 0.2) is 60.0 Å². The van der Waals surface area contributed by atoms with Crippen LogP contribution in [0.5, 0.6) is 0 Å². The Balaban J connectivity index is 1.88. The lowest BCUT2D eigenvalue weighted by Crippen LogP contribution is -2.17. The Bertz CT molecular complexity index is 748. The summed E-state index contributed by atoms with van der Waals surface area (Å²) in [6, 6.07) is 17.6. The van der Waals surface area contributed by atoms with Gasteiger partial charge in [-0.05, 0) is 12.1 Å². The zero-order chi connectivity index (χ0) is 14.7. The zero-order valence-electron chi connectivity index (χ0n) is 11.5. The molecule has 0 aliphatic carbocycles. The van der Waals surface area contributed by atoms with Crippen molar-refractivity contribution in [1.29, 1.82) is 0 Å². The minimum Gasteiger partial charge on any atom is -0.355 e. The fourth-order valence-electron chi connectivity index (χ4n) is 2.06. The molecule has 3 aromatic rings. The number of nitrogens with zero attached hydrogens (tertiary/aromatic N) is 1. The SMILES string of the molecule is CNC(=O)c1ccc(-c2nc(-c3ccccc3)cs2)cc1. The highest BCUT2D eigenvalue weighted by Crippen LogP contribution is 2.28. The molecule has 0 unspecified atom stereocenters. The Hall–Kier alpha value is -2.46. The quantitative estimate of drug-likeness (QED) is 0.797. The molecule has 0 bridgehead atoms. The van der Waals surface area contributed by atoms with Gasteiger partial charge in [-0.3, -0.25) is 4.79 Å². The van der Waals surface area contributed by atoms with Gasteiger partial charge in [-0.1, -0.05) is 42.5 Å². The molecule has 0 fully saturated rings. The zero-order valence-corrected chi connectivity index (χ0v) is 12.4. The number of hydrogen-bond acceptors (Lipinski definition) is 3. The Morgan fingerprint density at radius 1 is 1.00 bits per heavy atom. The largest absolute Gasteiger partial charge is 0.355 e. The second kappa shape index (κ2) is 5.89. The third kappa shape index (κ3) is 2.85. The van der Waals surface area contributed by atoms with Crippen LogP contribution in [-0.2, 0) is 0 Å². The summed E-state index contributed by atoms with van der Waals surface area (Å²) >= 11 is 1.61. The maximum atomic E-state index is 11.5. The maximum absolute atomic E-state index is 11.5. The van der Waals surface area contributed by atoms with Gasteiger partial charge in [0.2, 0.25) is 0 Å². The Morgan fingerprint density at radius 3 is 2.38 bits per heavy atom. The molecule has 1 aromatic heterocycles. The van der Waals surface area contributed by atoms with Gasteiger partial charge in [0.15, 0.2) is 0 Å². The number of rotatable bonds is 3. The standard InChI is InChI=1S/C17H14N2OS/c1-18-16(20)13-7-9-14(10-8-13)17-19-15(11-21-17)12-5-3-2-4-6-12/h2-11H,1H3,(H,18,20). The van der Waals surface area contributed by atoms with Crippen molar-refractivity contribution in [2.75, 3.05) is 7.05 Å². The second-order valence-electron chi connectivity index (χ2n) is 4.56. The first-order valence-electron chi connectivity index (χ1n) is 6.61. The number of amides is 1. The predicted octanol–water partition coefficient (Wildman–Crippen LogP) is 3.84. The molecule has 0 saturated heterocycles. The molecule has 3 rings (SSSR count). The smallest absolute Gasteiger partial charge is 0.251 e. The highest BCUT2D eigenvalue weighted by Gasteiger charge is 2.08. The van der Waals surface area contributed by atoms with Gasteiger partial charge in [-0.15, -0.1) is 11.3 Å². The van der Waals surface area contributed by atoms with E-state index in [9.17, 15) is 4.79 Å². The fraction of sp³-hybridized carbons (Fsp3) is 0.0588. The lowest BCUT2D eigenvalue weighted by atomic mass is 10.1. The summed E-state index contributed by atoms with van der Waals surface area (Å²) in [5, 5.41) is 5.62. The summed E-state index contributed by atoms with van der Waals surface area (Å²) in [6.07, 6.45) is 0. The first kappa shape index (κ1) is 13.5. The van der Waals surface area contributed by atoms with Gasteiger partial charge < -0.3 is 5.32 Å².